The average Bonchev–Trinajstić information content (AvgIpc) is 2.80. The van der Waals surface area contributed by atoms with E-state index in [1.807, 2.05) is 6.07 Å². The number of nitrogens with zero attached hydrogens (tertiary/aromatic N) is 2. The van der Waals surface area contributed by atoms with E-state index in [1.54, 1.807) is 42.9 Å². The minimum atomic E-state index is -0.968. The first-order chi connectivity index (χ1) is 10.0. The summed E-state index contributed by atoms with van der Waals surface area (Å²) >= 11 is 0. The molecule has 0 fully saturated rings. The number of carboxylic acids is 1. The number of carbonyl (C=O) groups excluding carboxylic acids is 1. The number of aromatic nitrogens is 2. The number of carboxylic acid groups (broad SMARTS) is 1. The van der Waals surface area contributed by atoms with E-state index in [-0.39, 0.29) is 12.5 Å². The molecule has 2 rings (SSSR count). The van der Waals surface area contributed by atoms with Crippen molar-refractivity contribution in [2.75, 3.05) is 6.54 Å². The number of aryl methyl sites for hydroxylation is 1. The second kappa shape index (κ2) is 6.21. The predicted molar refractivity (Wildman–Crippen MR) is 77.1 cm³/mol. The van der Waals surface area contributed by atoms with Crippen molar-refractivity contribution < 1.29 is 14.7 Å². The molecule has 0 aliphatic carbocycles. The first kappa shape index (κ1) is 14.8. The van der Waals surface area contributed by atoms with Crippen molar-refractivity contribution in [3.63, 3.8) is 0 Å². The number of carbonyl (C=O) groups is 2. The van der Waals surface area contributed by atoms with Crippen LogP contribution in [-0.4, -0.2) is 33.3 Å². The van der Waals surface area contributed by atoms with Gasteiger partial charge in [-0.1, -0.05) is 30.3 Å². The van der Waals surface area contributed by atoms with Crippen molar-refractivity contribution in [1.29, 1.82) is 0 Å². The Kier molecular flexibility index (Phi) is 4.37. The molecule has 21 heavy (non-hydrogen) atoms. The zero-order valence-electron chi connectivity index (χ0n) is 11.9. The number of amides is 1. The summed E-state index contributed by atoms with van der Waals surface area (Å²) in [6, 6.07) is 8.84. The second-order valence-electron chi connectivity index (χ2n) is 4.78. The van der Waals surface area contributed by atoms with Crippen LogP contribution in [0.4, 0.5) is 0 Å². The van der Waals surface area contributed by atoms with E-state index in [1.165, 1.54) is 6.20 Å². The second-order valence-corrected chi connectivity index (χ2v) is 4.78. The van der Waals surface area contributed by atoms with Crippen LogP contribution in [0.5, 0.6) is 0 Å². The molecule has 1 atom stereocenters. The maximum Gasteiger partial charge on any atom is 0.312 e. The summed E-state index contributed by atoms with van der Waals surface area (Å²) in [7, 11) is 1.75. The van der Waals surface area contributed by atoms with Gasteiger partial charge in [-0.2, -0.15) is 5.10 Å². The number of benzene rings is 1. The molecule has 6 nitrogen and oxygen atoms in total. The van der Waals surface area contributed by atoms with E-state index in [4.69, 9.17) is 0 Å². The summed E-state index contributed by atoms with van der Waals surface area (Å²) in [6.45, 7) is 1.82. The molecular formula is C15H17N3O3. The molecule has 0 saturated heterocycles. The number of hydrogen-bond acceptors (Lipinski definition) is 3. The Morgan fingerprint density at radius 2 is 2.00 bits per heavy atom. The van der Waals surface area contributed by atoms with Gasteiger partial charge in [0.15, 0.2) is 0 Å². The highest BCUT2D eigenvalue weighted by Crippen LogP contribution is 2.15. The standard InChI is InChI=1S/C15H17N3O3/c1-10-12(9-17-18(10)2)14(19)16-8-13(15(20)21)11-6-4-3-5-7-11/h3-7,9,13H,8H2,1-2H3,(H,16,19)(H,20,21). The molecule has 1 aromatic heterocycles. The molecule has 110 valence electrons. The SMILES string of the molecule is Cc1c(C(=O)NCC(C(=O)O)c2ccccc2)cnn1C. The monoisotopic (exact) mass is 287 g/mol. The van der Waals surface area contributed by atoms with Crippen molar-refractivity contribution in [1.82, 2.24) is 15.1 Å². The van der Waals surface area contributed by atoms with Crippen molar-refractivity contribution in [3.8, 4) is 0 Å². The van der Waals surface area contributed by atoms with Crippen LogP contribution in [0.2, 0.25) is 0 Å². The minimum absolute atomic E-state index is 0.0342. The van der Waals surface area contributed by atoms with Gasteiger partial charge >= 0.3 is 5.97 Å². The molecule has 0 spiro atoms. The molecule has 1 unspecified atom stereocenters. The van der Waals surface area contributed by atoms with Crippen molar-refractivity contribution in [3.05, 3.63) is 53.3 Å². The van der Waals surface area contributed by atoms with Gasteiger partial charge in [-0.25, -0.2) is 0 Å². The van der Waals surface area contributed by atoms with E-state index in [9.17, 15) is 14.7 Å². The minimum Gasteiger partial charge on any atom is -0.481 e. The summed E-state index contributed by atoms with van der Waals surface area (Å²) in [4.78, 5) is 23.4. The van der Waals surface area contributed by atoms with Crippen LogP contribution < -0.4 is 5.32 Å². The third-order valence-electron chi connectivity index (χ3n) is 3.45. The Morgan fingerprint density at radius 1 is 1.33 bits per heavy atom. The van der Waals surface area contributed by atoms with Crippen LogP contribution in [0.1, 0.15) is 27.5 Å². The Morgan fingerprint density at radius 3 is 2.52 bits per heavy atom. The highest BCUT2D eigenvalue weighted by molar-refractivity contribution is 5.95. The van der Waals surface area contributed by atoms with Gasteiger partial charge < -0.3 is 10.4 Å². The van der Waals surface area contributed by atoms with Crippen molar-refractivity contribution >= 4 is 11.9 Å². The van der Waals surface area contributed by atoms with Gasteiger partial charge in [0.05, 0.1) is 17.7 Å². The van der Waals surface area contributed by atoms with Gasteiger partial charge in [-0.05, 0) is 12.5 Å². The third-order valence-corrected chi connectivity index (χ3v) is 3.45. The molecule has 0 bridgehead atoms. The summed E-state index contributed by atoms with van der Waals surface area (Å²) < 4.78 is 1.60. The van der Waals surface area contributed by atoms with Crippen LogP contribution in [0.25, 0.3) is 0 Å². The highest BCUT2D eigenvalue weighted by Gasteiger charge is 2.21. The summed E-state index contributed by atoms with van der Waals surface area (Å²) in [6.07, 6.45) is 1.48. The number of rotatable bonds is 5. The number of nitrogens with one attached hydrogen (secondary N) is 1. The van der Waals surface area contributed by atoms with Crippen LogP contribution >= 0.6 is 0 Å². The molecule has 0 aliphatic heterocycles. The summed E-state index contributed by atoms with van der Waals surface area (Å²) in [5, 5.41) is 16.0. The lowest BCUT2D eigenvalue weighted by Gasteiger charge is -2.13. The average molecular weight is 287 g/mol. The van der Waals surface area contributed by atoms with Gasteiger partial charge in [-0.15, -0.1) is 0 Å². The van der Waals surface area contributed by atoms with Crippen molar-refractivity contribution in [2.24, 2.45) is 7.05 Å². The topological polar surface area (TPSA) is 84.2 Å². The first-order valence-electron chi connectivity index (χ1n) is 6.55. The third kappa shape index (κ3) is 3.28. The van der Waals surface area contributed by atoms with Crippen molar-refractivity contribution in [2.45, 2.75) is 12.8 Å². The molecule has 0 radical (unpaired) electrons. The maximum absolute atomic E-state index is 12.1. The fourth-order valence-electron chi connectivity index (χ4n) is 2.04. The molecule has 2 N–H and O–H groups in total. The molecule has 0 saturated carbocycles. The van der Waals surface area contributed by atoms with E-state index in [0.717, 1.165) is 5.69 Å². The zero-order valence-corrected chi connectivity index (χ0v) is 11.9. The van der Waals surface area contributed by atoms with Crippen LogP contribution in [-0.2, 0) is 11.8 Å². The predicted octanol–water partition coefficient (Wildman–Crippen LogP) is 1.33. The highest BCUT2D eigenvalue weighted by atomic mass is 16.4. The Balaban J connectivity index is 2.08. The number of aliphatic carboxylic acids is 1. The van der Waals surface area contributed by atoms with Gasteiger partial charge in [0, 0.05) is 19.3 Å². The summed E-state index contributed by atoms with van der Waals surface area (Å²) in [5.41, 5.74) is 1.85. The zero-order chi connectivity index (χ0) is 15.4. The Labute approximate surface area is 122 Å². The molecule has 1 aromatic carbocycles. The van der Waals surface area contributed by atoms with E-state index in [2.05, 4.69) is 10.4 Å². The van der Waals surface area contributed by atoms with Crippen LogP contribution in [0, 0.1) is 6.92 Å². The normalized spacial score (nSPS) is 11.9. The van der Waals surface area contributed by atoms with Crippen LogP contribution in [0.3, 0.4) is 0 Å². The molecule has 6 heteroatoms. The lowest BCUT2D eigenvalue weighted by atomic mass is 9.99. The van der Waals surface area contributed by atoms with Gasteiger partial charge in [0.1, 0.15) is 0 Å². The Bertz CT molecular complexity index is 649. The maximum atomic E-state index is 12.1. The fourth-order valence-corrected chi connectivity index (χ4v) is 2.04. The first-order valence-corrected chi connectivity index (χ1v) is 6.55. The van der Waals surface area contributed by atoms with Gasteiger partial charge in [0.25, 0.3) is 5.91 Å². The molecular weight excluding hydrogens is 270 g/mol. The lowest BCUT2D eigenvalue weighted by Crippen LogP contribution is -2.32. The quantitative estimate of drug-likeness (QED) is 0.869. The van der Waals surface area contributed by atoms with Crippen LogP contribution in [0.15, 0.2) is 36.5 Å². The van der Waals surface area contributed by atoms with E-state index < -0.39 is 11.9 Å². The molecule has 2 aromatic rings. The Hall–Kier alpha value is -2.63. The fraction of sp³-hybridized carbons (Fsp3) is 0.267. The van der Waals surface area contributed by atoms with E-state index in [0.29, 0.717) is 11.1 Å². The van der Waals surface area contributed by atoms with Gasteiger partial charge in [-0.3, -0.25) is 14.3 Å². The summed E-state index contributed by atoms with van der Waals surface area (Å²) in [5.74, 6) is -2.06. The smallest absolute Gasteiger partial charge is 0.312 e. The molecule has 1 heterocycles. The lowest BCUT2D eigenvalue weighted by molar-refractivity contribution is -0.138. The molecule has 0 aliphatic rings. The van der Waals surface area contributed by atoms with E-state index >= 15 is 0 Å². The molecule has 1 amide bonds. The largest absolute Gasteiger partial charge is 0.481 e. The van der Waals surface area contributed by atoms with Gasteiger partial charge in [0.2, 0.25) is 0 Å². The number of hydrogen-bond donors (Lipinski definition) is 2.